The maximum Gasteiger partial charge on any atom is 0.0548 e. The van der Waals surface area contributed by atoms with Crippen LogP contribution in [0.5, 0.6) is 0 Å². The van der Waals surface area contributed by atoms with Gasteiger partial charge in [0.2, 0.25) is 0 Å². The molecule has 1 saturated heterocycles. The minimum absolute atomic E-state index is 0.262. The van der Waals surface area contributed by atoms with Crippen LogP contribution < -0.4 is 0 Å². The number of nitrogens with zero attached hydrogens (tertiary/aromatic N) is 2. The maximum absolute atomic E-state index is 2.95. The summed E-state index contributed by atoms with van der Waals surface area (Å²) in [5.74, 6) is 1.61. The number of likely N-dealkylation sites (tertiary alicyclic amines) is 1. The van der Waals surface area contributed by atoms with Crippen molar-refractivity contribution in [2.45, 2.75) is 102 Å². The molecule has 2 fully saturated rings. The Morgan fingerprint density at radius 2 is 1.71 bits per heavy atom. The molecule has 0 bridgehead atoms. The van der Waals surface area contributed by atoms with Crippen molar-refractivity contribution >= 4 is 22.6 Å². The predicted octanol–water partition coefficient (Wildman–Crippen LogP) is 12.6. The highest BCUT2D eigenvalue weighted by atomic mass is 15.2. The quantitative estimate of drug-likeness (QED) is 0.243. The van der Waals surface area contributed by atoms with E-state index in [-0.39, 0.29) is 5.41 Å². The van der Waals surface area contributed by atoms with Crippen molar-refractivity contribution in [3.05, 3.63) is 149 Å². The first-order valence-corrected chi connectivity index (χ1v) is 20.7. The average Bonchev–Trinajstić information content (AvgIpc) is 3.49. The molecule has 6 aliphatic carbocycles. The molecule has 2 heterocycles. The van der Waals surface area contributed by atoms with E-state index in [1.54, 1.807) is 11.1 Å². The van der Waals surface area contributed by atoms with E-state index in [2.05, 4.69) is 138 Å². The summed E-state index contributed by atoms with van der Waals surface area (Å²) in [6.07, 6.45) is 46.4. The molecule has 2 nitrogen and oxygen atoms in total. The first kappa shape index (κ1) is 32.4. The second kappa shape index (κ2) is 13.3. The molecule has 0 radical (unpaired) electrons. The zero-order valence-corrected chi connectivity index (χ0v) is 31.0. The van der Waals surface area contributed by atoms with E-state index < -0.39 is 0 Å². The van der Waals surface area contributed by atoms with Crippen LogP contribution in [0.25, 0.3) is 28.2 Å². The molecule has 1 saturated carbocycles. The summed E-state index contributed by atoms with van der Waals surface area (Å²) < 4.78 is 2.51. The van der Waals surface area contributed by atoms with Crippen LogP contribution in [-0.2, 0) is 6.42 Å². The van der Waals surface area contributed by atoms with Gasteiger partial charge in [-0.3, -0.25) is 0 Å². The number of hydrogen-bond acceptors (Lipinski definition) is 1. The molecule has 0 N–H and O–H groups in total. The number of benzene rings is 2. The third kappa shape index (κ3) is 5.43. The van der Waals surface area contributed by atoms with Gasteiger partial charge < -0.3 is 9.47 Å². The average molecular weight is 683 g/mol. The highest BCUT2D eigenvalue weighted by Gasteiger charge is 2.56. The number of hydrogen-bond donors (Lipinski definition) is 0. The largest absolute Gasteiger partial charge is 0.361 e. The van der Waals surface area contributed by atoms with Crippen molar-refractivity contribution in [2.75, 3.05) is 0 Å². The van der Waals surface area contributed by atoms with Crippen molar-refractivity contribution < 1.29 is 0 Å². The lowest BCUT2D eigenvalue weighted by Gasteiger charge is -2.43. The zero-order valence-electron chi connectivity index (χ0n) is 31.0. The van der Waals surface area contributed by atoms with Crippen LogP contribution >= 0.6 is 0 Å². The van der Waals surface area contributed by atoms with Gasteiger partial charge in [-0.2, -0.15) is 0 Å². The van der Waals surface area contributed by atoms with E-state index in [1.165, 1.54) is 109 Å². The molecule has 6 unspecified atom stereocenters. The molecule has 2 heteroatoms. The maximum atomic E-state index is 2.95. The lowest BCUT2D eigenvalue weighted by atomic mass is 9.64. The molecule has 52 heavy (non-hydrogen) atoms. The van der Waals surface area contributed by atoms with Gasteiger partial charge >= 0.3 is 0 Å². The van der Waals surface area contributed by atoms with Crippen LogP contribution in [0, 0.1) is 23.2 Å². The molecule has 3 aromatic rings. The predicted molar refractivity (Wildman–Crippen MR) is 219 cm³/mol. The molecule has 0 amide bonds. The van der Waals surface area contributed by atoms with Crippen molar-refractivity contribution in [2.24, 2.45) is 23.2 Å². The van der Waals surface area contributed by atoms with Crippen LogP contribution in [0.2, 0.25) is 0 Å². The number of aromatic nitrogens is 1. The van der Waals surface area contributed by atoms with Gasteiger partial charge in [0.15, 0.2) is 0 Å². The Kier molecular flexibility index (Phi) is 8.26. The number of rotatable bonds is 5. The monoisotopic (exact) mass is 682 g/mol. The molecule has 1 aromatic heterocycles. The van der Waals surface area contributed by atoms with Crippen LogP contribution in [0.3, 0.4) is 0 Å². The van der Waals surface area contributed by atoms with Crippen molar-refractivity contribution in [1.82, 2.24) is 9.47 Å². The van der Waals surface area contributed by atoms with Gasteiger partial charge in [-0.05, 0) is 123 Å². The van der Waals surface area contributed by atoms with E-state index in [9.17, 15) is 0 Å². The van der Waals surface area contributed by atoms with Gasteiger partial charge in [0, 0.05) is 45.9 Å². The Morgan fingerprint density at radius 1 is 0.769 bits per heavy atom. The summed E-state index contributed by atoms with van der Waals surface area (Å²) in [6, 6.07) is 19.2. The molecule has 1 aliphatic heterocycles. The normalized spacial score (nSPS) is 30.9. The highest BCUT2D eigenvalue weighted by molar-refractivity contribution is 5.96. The summed E-state index contributed by atoms with van der Waals surface area (Å²) in [7, 11) is 0. The smallest absolute Gasteiger partial charge is 0.0548 e. The minimum atomic E-state index is 0.262. The second-order valence-corrected chi connectivity index (χ2v) is 17.0. The summed E-state index contributed by atoms with van der Waals surface area (Å²) in [5, 5.41) is 1.38. The Bertz CT molecular complexity index is 2120. The Morgan fingerprint density at radius 3 is 2.62 bits per heavy atom. The molecule has 2 aromatic carbocycles. The fourth-order valence-corrected chi connectivity index (χ4v) is 11.4. The summed E-state index contributed by atoms with van der Waals surface area (Å²) in [6.45, 7) is 2.65. The first-order valence-electron chi connectivity index (χ1n) is 20.7. The summed E-state index contributed by atoms with van der Waals surface area (Å²) in [5.41, 5.74) is 13.3. The van der Waals surface area contributed by atoms with Crippen molar-refractivity contribution in [3.63, 3.8) is 0 Å². The summed E-state index contributed by atoms with van der Waals surface area (Å²) in [4.78, 5) is 2.95. The Labute approximate surface area is 311 Å². The van der Waals surface area contributed by atoms with Crippen LogP contribution in [0.15, 0.2) is 132 Å². The van der Waals surface area contributed by atoms with Crippen LogP contribution in [0.4, 0.5) is 0 Å². The lowest BCUT2D eigenvalue weighted by molar-refractivity contribution is 0.123. The van der Waals surface area contributed by atoms with E-state index in [1.807, 2.05) is 0 Å². The van der Waals surface area contributed by atoms with Gasteiger partial charge in [-0.25, -0.2) is 0 Å². The number of fused-ring (bicyclic) bond motifs is 6. The molecule has 7 aliphatic rings. The third-order valence-electron chi connectivity index (χ3n) is 14.0. The zero-order chi connectivity index (χ0) is 34.6. The van der Waals surface area contributed by atoms with Crippen LogP contribution in [0.1, 0.15) is 101 Å². The Balaban J connectivity index is 1.04. The molecule has 10 rings (SSSR count). The first-order chi connectivity index (χ1) is 25.7. The molecule has 0 spiro atoms. The molecular weight excluding hydrogens is 629 g/mol. The fourth-order valence-electron chi connectivity index (χ4n) is 11.4. The van der Waals surface area contributed by atoms with Gasteiger partial charge in [0.25, 0.3) is 0 Å². The van der Waals surface area contributed by atoms with Crippen molar-refractivity contribution in [3.8, 4) is 5.69 Å². The summed E-state index contributed by atoms with van der Waals surface area (Å²) >= 11 is 0. The lowest BCUT2D eigenvalue weighted by Crippen LogP contribution is -2.42. The van der Waals surface area contributed by atoms with Gasteiger partial charge in [0.05, 0.1) is 11.6 Å². The van der Waals surface area contributed by atoms with E-state index in [4.69, 9.17) is 0 Å². The van der Waals surface area contributed by atoms with Gasteiger partial charge in [0.1, 0.15) is 0 Å². The second-order valence-electron chi connectivity index (χ2n) is 17.0. The number of allylic oxidation sites excluding steroid dienone is 12. The highest BCUT2D eigenvalue weighted by Crippen LogP contribution is 2.57. The molecule has 6 atom stereocenters. The fraction of sp³-hybridized carbons (Fsp3) is 0.400. The van der Waals surface area contributed by atoms with E-state index >= 15 is 0 Å². The van der Waals surface area contributed by atoms with Crippen molar-refractivity contribution in [1.29, 1.82) is 0 Å². The van der Waals surface area contributed by atoms with Crippen LogP contribution in [-0.4, -0.2) is 21.6 Å². The van der Waals surface area contributed by atoms with Gasteiger partial charge in [-0.1, -0.05) is 122 Å². The van der Waals surface area contributed by atoms with E-state index in [0.717, 1.165) is 19.3 Å². The number of para-hydroxylation sites is 1. The molecule has 264 valence electrons. The Hall–Kier alpha value is -4.30. The topological polar surface area (TPSA) is 8.17 Å². The minimum Gasteiger partial charge on any atom is -0.361 e. The van der Waals surface area contributed by atoms with Gasteiger partial charge in [-0.15, -0.1) is 0 Å². The standard InChI is InChI=1S/C50H54N2/c1-50-29-15-14-24-49(50)52(42-31-39(35-16-6-2-3-7-17-35)30-40(32-42)36-18-8-4-9-19-36)48-28-26-38(34-45(48)50)37-25-27-47-44(33-37)43-22-12-13-23-46(43)51(47)41-20-10-5-11-21-41/h2,5-6,8,10-12,17-18,20-22,25-28,31-34,36,39,45,48-49H,3-4,7,9,13-16,19,23-24,29-30H2,1H3. The SMILES string of the molecule is CC12CCCCC1N(C1=CC(C3=CCCC=CC3)CC(C3C=CCCC3)=C1)C1C=CC(c3ccc4c(c3)c3c(n4-c4ccccc4)CCC=C3)=CC12. The van der Waals surface area contributed by atoms with E-state index in [0.29, 0.717) is 29.8 Å². The molecular formula is C50H54N2. The third-order valence-corrected chi connectivity index (χ3v) is 14.0.